The minimum absolute atomic E-state index is 0.146. The zero-order chi connectivity index (χ0) is 41.4. The van der Waals surface area contributed by atoms with E-state index in [9.17, 15) is 22.0 Å². The molecule has 0 unspecified atom stereocenters. The molecule has 0 aliphatic carbocycles. The van der Waals surface area contributed by atoms with Gasteiger partial charge in [-0.3, -0.25) is 0 Å². The molecule has 0 aliphatic rings. The third-order valence-electron chi connectivity index (χ3n) is 11.8. The lowest BCUT2D eigenvalue weighted by molar-refractivity contribution is 0.381. The monoisotopic (exact) mass is 802 g/mol. The molecule has 0 amide bonds. The molecule has 0 aliphatic heterocycles. The number of para-hydroxylation sites is 2. The molecule has 7 heteroatoms. The van der Waals surface area contributed by atoms with Crippen LogP contribution in [0.2, 0.25) is 0 Å². The summed E-state index contributed by atoms with van der Waals surface area (Å²) >= 11 is 0. The van der Waals surface area contributed by atoms with Crippen molar-refractivity contribution in [3.63, 3.8) is 0 Å². The van der Waals surface area contributed by atoms with Crippen LogP contribution in [0.25, 0.3) is 82.1 Å². The van der Waals surface area contributed by atoms with Gasteiger partial charge in [0.1, 0.15) is 0 Å². The minimum Gasteiger partial charge on any atom is -0.310 e. The molecule has 1 heterocycles. The zero-order valence-corrected chi connectivity index (χ0v) is 32.2. The van der Waals surface area contributed by atoms with Gasteiger partial charge in [-0.2, -0.15) is 0 Å². The van der Waals surface area contributed by atoms with Gasteiger partial charge >= 0.3 is 0 Å². The standard InChI is InChI=1S/C54H31F5N2/c55-50-49(51(56)53(58)54(59)52(50)57)33-20-25-37(26-21-33)60(38-27-28-43-41-14-5-4-12-39(41)40-13-6-7-15-42(40)45(43)31-38)36-23-18-32(19-24-36)34-22-29-48-46(30-34)44-16-8-9-17-47(44)61(48)35-10-2-1-3-11-35/h1-31H. The second kappa shape index (κ2) is 14.2. The van der Waals surface area contributed by atoms with E-state index in [1.807, 2.05) is 65.6 Å². The largest absolute Gasteiger partial charge is 0.310 e. The van der Waals surface area contributed by atoms with Crippen LogP contribution in [-0.2, 0) is 0 Å². The van der Waals surface area contributed by atoms with Gasteiger partial charge < -0.3 is 9.47 Å². The van der Waals surface area contributed by atoms with Crippen LogP contribution in [0.4, 0.5) is 39.0 Å². The van der Waals surface area contributed by atoms with Crippen molar-refractivity contribution in [2.45, 2.75) is 0 Å². The number of hydrogen-bond acceptors (Lipinski definition) is 1. The summed E-state index contributed by atoms with van der Waals surface area (Å²) in [6.07, 6.45) is 0. The Morgan fingerprint density at radius 3 is 1.34 bits per heavy atom. The Bertz CT molecular complexity index is 3460. The Morgan fingerprint density at radius 1 is 0.295 bits per heavy atom. The summed E-state index contributed by atoms with van der Waals surface area (Å²) in [6.45, 7) is 0. The molecule has 0 bridgehead atoms. The summed E-state index contributed by atoms with van der Waals surface area (Å²) in [5, 5.41) is 8.87. The molecule has 11 rings (SSSR count). The molecule has 0 atom stereocenters. The van der Waals surface area contributed by atoms with Crippen molar-refractivity contribution in [1.82, 2.24) is 4.57 Å². The van der Waals surface area contributed by atoms with E-state index in [0.717, 1.165) is 82.3 Å². The van der Waals surface area contributed by atoms with Gasteiger partial charge in [-0.05, 0) is 116 Å². The quantitative estimate of drug-likeness (QED) is 0.0704. The molecule has 2 nitrogen and oxygen atoms in total. The van der Waals surface area contributed by atoms with Gasteiger partial charge in [-0.15, -0.1) is 0 Å². The van der Waals surface area contributed by atoms with Crippen molar-refractivity contribution in [3.05, 3.63) is 217 Å². The van der Waals surface area contributed by atoms with E-state index in [0.29, 0.717) is 5.69 Å². The molecule has 0 radical (unpaired) electrons. The Morgan fingerprint density at radius 2 is 0.738 bits per heavy atom. The van der Waals surface area contributed by atoms with Crippen molar-refractivity contribution in [1.29, 1.82) is 0 Å². The van der Waals surface area contributed by atoms with Gasteiger partial charge in [0.15, 0.2) is 23.3 Å². The van der Waals surface area contributed by atoms with Crippen LogP contribution in [-0.4, -0.2) is 4.57 Å². The third-order valence-corrected chi connectivity index (χ3v) is 11.8. The maximum Gasteiger partial charge on any atom is 0.200 e. The first-order valence-electron chi connectivity index (χ1n) is 19.8. The highest BCUT2D eigenvalue weighted by molar-refractivity contribution is 6.25. The summed E-state index contributed by atoms with van der Waals surface area (Å²) in [7, 11) is 0. The van der Waals surface area contributed by atoms with Gasteiger partial charge in [0.05, 0.1) is 16.6 Å². The van der Waals surface area contributed by atoms with E-state index in [1.165, 1.54) is 12.1 Å². The van der Waals surface area contributed by atoms with Crippen LogP contribution in [0.15, 0.2) is 188 Å². The average Bonchev–Trinajstić information content (AvgIpc) is 3.65. The molecule has 0 saturated carbocycles. The van der Waals surface area contributed by atoms with E-state index in [-0.39, 0.29) is 5.56 Å². The van der Waals surface area contributed by atoms with Crippen LogP contribution < -0.4 is 4.90 Å². The summed E-state index contributed by atoms with van der Waals surface area (Å²) in [5.74, 6) is -9.94. The summed E-state index contributed by atoms with van der Waals surface area (Å²) < 4.78 is 74.7. The first kappa shape index (κ1) is 36.3. The number of anilines is 3. The summed E-state index contributed by atoms with van der Waals surface area (Å²) in [6, 6.07) is 62.3. The fraction of sp³-hybridized carbons (Fsp3) is 0. The fourth-order valence-corrected chi connectivity index (χ4v) is 8.93. The van der Waals surface area contributed by atoms with Crippen LogP contribution in [0.3, 0.4) is 0 Å². The van der Waals surface area contributed by atoms with Gasteiger partial charge in [-0.25, -0.2) is 22.0 Å². The number of halogens is 5. The molecule has 0 spiro atoms. The highest BCUT2D eigenvalue weighted by Gasteiger charge is 2.27. The van der Waals surface area contributed by atoms with E-state index in [2.05, 4.69) is 108 Å². The Kier molecular flexibility index (Phi) is 8.46. The molecule has 292 valence electrons. The number of fused-ring (bicyclic) bond motifs is 9. The lowest BCUT2D eigenvalue weighted by atomic mass is 9.94. The molecule has 1 aromatic heterocycles. The highest BCUT2D eigenvalue weighted by atomic mass is 19.2. The average molecular weight is 803 g/mol. The molecular weight excluding hydrogens is 772 g/mol. The Hall–Kier alpha value is -7.77. The predicted molar refractivity (Wildman–Crippen MR) is 239 cm³/mol. The number of rotatable bonds is 6. The van der Waals surface area contributed by atoms with E-state index in [1.54, 1.807) is 12.1 Å². The van der Waals surface area contributed by atoms with Crippen LogP contribution in [0, 0.1) is 29.1 Å². The smallest absolute Gasteiger partial charge is 0.200 e. The molecule has 0 N–H and O–H groups in total. The molecular formula is C54H31F5N2. The molecule has 11 aromatic rings. The first-order chi connectivity index (χ1) is 29.9. The van der Waals surface area contributed by atoms with Crippen molar-refractivity contribution >= 4 is 71.2 Å². The second-order valence-corrected chi connectivity index (χ2v) is 15.1. The molecule has 0 fully saturated rings. The minimum atomic E-state index is -2.19. The SMILES string of the molecule is Fc1c(F)c(F)c(-c2ccc(N(c3ccc(-c4ccc5c(c4)c4ccccc4n5-c4ccccc4)cc3)c3ccc4c5ccccc5c5ccccc5c4c3)cc2)c(F)c1F. The Balaban J connectivity index is 1.06. The zero-order valence-electron chi connectivity index (χ0n) is 32.2. The number of nitrogens with zero attached hydrogens (tertiary/aromatic N) is 2. The van der Waals surface area contributed by atoms with Crippen LogP contribution >= 0.6 is 0 Å². The predicted octanol–water partition coefficient (Wildman–Crippen LogP) is 15.7. The molecule has 10 aromatic carbocycles. The number of aromatic nitrogens is 1. The van der Waals surface area contributed by atoms with Crippen LogP contribution in [0.5, 0.6) is 0 Å². The second-order valence-electron chi connectivity index (χ2n) is 15.1. The van der Waals surface area contributed by atoms with Crippen molar-refractivity contribution in [2.75, 3.05) is 4.90 Å². The van der Waals surface area contributed by atoms with Crippen molar-refractivity contribution < 1.29 is 22.0 Å². The Labute approximate surface area is 346 Å². The number of hydrogen-bond donors (Lipinski definition) is 0. The van der Waals surface area contributed by atoms with Gasteiger partial charge in [0.25, 0.3) is 0 Å². The summed E-state index contributed by atoms with van der Waals surface area (Å²) in [4.78, 5) is 2.02. The van der Waals surface area contributed by atoms with Gasteiger partial charge in [0.2, 0.25) is 5.82 Å². The molecule has 61 heavy (non-hydrogen) atoms. The maximum absolute atomic E-state index is 15.0. The van der Waals surface area contributed by atoms with Crippen molar-refractivity contribution in [2.24, 2.45) is 0 Å². The fourth-order valence-electron chi connectivity index (χ4n) is 8.93. The normalized spacial score (nSPS) is 11.7. The lowest BCUT2D eigenvalue weighted by Crippen LogP contribution is -2.10. The third kappa shape index (κ3) is 5.76. The lowest BCUT2D eigenvalue weighted by Gasteiger charge is -2.27. The van der Waals surface area contributed by atoms with E-state index >= 15 is 0 Å². The van der Waals surface area contributed by atoms with Crippen LogP contribution in [0.1, 0.15) is 0 Å². The van der Waals surface area contributed by atoms with E-state index in [4.69, 9.17) is 0 Å². The maximum atomic E-state index is 15.0. The topological polar surface area (TPSA) is 8.17 Å². The molecule has 0 saturated heterocycles. The van der Waals surface area contributed by atoms with Crippen molar-refractivity contribution in [3.8, 4) is 27.9 Å². The summed E-state index contributed by atoms with van der Waals surface area (Å²) in [5.41, 5.74) is 6.43. The van der Waals surface area contributed by atoms with Gasteiger partial charge in [0, 0.05) is 33.5 Å². The van der Waals surface area contributed by atoms with E-state index < -0.39 is 34.6 Å². The number of benzene rings is 10. The first-order valence-corrected chi connectivity index (χ1v) is 19.8. The highest BCUT2D eigenvalue weighted by Crippen LogP contribution is 2.43. The van der Waals surface area contributed by atoms with Gasteiger partial charge in [-0.1, -0.05) is 121 Å².